The van der Waals surface area contributed by atoms with Gasteiger partial charge in [-0.15, -0.1) is 12.4 Å². The minimum absolute atomic E-state index is 0. The lowest BCUT2D eigenvalue weighted by molar-refractivity contribution is -0.115. The van der Waals surface area contributed by atoms with Gasteiger partial charge in [0.25, 0.3) is 0 Å². The molecule has 1 aromatic carbocycles. The van der Waals surface area contributed by atoms with Crippen LogP contribution in [0.25, 0.3) is 0 Å². The number of nitrogens with one attached hydrogen (secondary N) is 2. The Hall–Kier alpha value is -1.92. The van der Waals surface area contributed by atoms with E-state index in [1.165, 1.54) is 12.8 Å². The van der Waals surface area contributed by atoms with Crippen LogP contribution in [0.3, 0.4) is 0 Å². The van der Waals surface area contributed by atoms with Crippen molar-refractivity contribution in [2.45, 2.75) is 32.1 Å². The van der Waals surface area contributed by atoms with Gasteiger partial charge in [-0.3, -0.25) is 4.79 Å². The minimum Gasteiger partial charge on any atom is -0.339 e. The van der Waals surface area contributed by atoms with Crippen LogP contribution in [0.4, 0.5) is 5.69 Å². The molecule has 7 heteroatoms. The number of hydrogen-bond acceptors (Lipinski definition) is 5. The van der Waals surface area contributed by atoms with Gasteiger partial charge in [-0.1, -0.05) is 23.4 Å². The zero-order chi connectivity index (χ0) is 15.9. The Morgan fingerprint density at radius 1 is 1.25 bits per heavy atom. The van der Waals surface area contributed by atoms with E-state index in [2.05, 4.69) is 20.8 Å². The number of carbonyl (C=O) groups excluding carboxylic acids is 1. The van der Waals surface area contributed by atoms with E-state index < -0.39 is 0 Å². The third-order valence-electron chi connectivity index (χ3n) is 4.11. The number of hydrogen-bond donors (Lipinski definition) is 2. The Balaban J connectivity index is 0.00000208. The van der Waals surface area contributed by atoms with Crippen molar-refractivity contribution in [3.8, 4) is 0 Å². The SMILES string of the molecule is Cl.O=C(Cc1noc(CCC2CCNCC2)n1)Nc1ccccc1. The average molecular weight is 351 g/mol. The van der Waals surface area contributed by atoms with Crippen molar-refractivity contribution in [1.82, 2.24) is 15.5 Å². The molecule has 1 aliphatic heterocycles. The zero-order valence-electron chi connectivity index (χ0n) is 13.5. The summed E-state index contributed by atoms with van der Waals surface area (Å²) in [5.41, 5.74) is 0.770. The lowest BCUT2D eigenvalue weighted by Gasteiger charge is -2.21. The van der Waals surface area contributed by atoms with Crippen molar-refractivity contribution in [3.05, 3.63) is 42.0 Å². The quantitative estimate of drug-likeness (QED) is 0.837. The first kappa shape index (κ1) is 18.4. The molecule has 0 radical (unpaired) electrons. The summed E-state index contributed by atoms with van der Waals surface area (Å²) in [5, 5.41) is 10.1. The molecule has 0 spiro atoms. The van der Waals surface area contributed by atoms with Crippen molar-refractivity contribution >= 4 is 24.0 Å². The fraction of sp³-hybridized carbons (Fsp3) is 0.471. The highest BCUT2D eigenvalue weighted by atomic mass is 35.5. The Morgan fingerprint density at radius 2 is 2.00 bits per heavy atom. The second-order valence-electron chi connectivity index (χ2n) is 5.93. The molecule has 2 heterocycles. The lowest BCUT2D eigenvalue weighted by Crippen LogP contribution is -2.27. The van der Waals surface area contributed by atoms with Gasteiger partial charge in [-0.05, 0) is 50.4 Å². The van der Waals surface area contributed by atoms with E-state index in [1.54, 1.807) is 0 Å². The summed E-state index contributed by atoms with van der Waals surface area (Å²) in [5.74, 6) is 1.67. The van der Waals surface area contributed by atoms with Crippen LogP contribution in [-0.4, -0.2) is 29.1 Å². The fourth-order valence-corrected chi connectivity index (χ4v) is 2.83. The molecular formula is C17H23ClN4O2. The molecule has 1 amide bonds. The van der Waals surface area contributed by atoms with Gasteiger partial charge in [0, 0.05) is 12.1 Å². The molecule has 6 nitrogen and oxygen atoms in total. The summed E-state index contributed by atoms with van der Waals surface area (Å²) in [6, 6.07) is 9.35. The van der Waals surface area contributed by atoms with Crippen molar-refractivity contribution < 1.29 is 9.32 Å². The van der Waals surface area contributed by atoms with Gasteiger partial charge in [0.1, 0.15) is 0 Å². The van der Waals surface area contributed by atoms with Crippen LogP contribution in [0.5, 0.6) is 0 Å². The predicted octanol–water partition coefficient (Wildman–Crippen LogP) is 2.60. The number of aromatic nitrogens is 2. The van der Waals surface area contributed by atoms with E-state index in [0.717, 1.165) is 37.5 Å². The van der Waals surface area contributed by atoms with Crippen LogP contribution in [-0.2, 0) is 17.6 Å². The van der Waals surface area contributed by atoms with Crippen molar-refractivity contribution in [2.75, 3.05) is 18.4 Å². The van der Waals surface area contributed by atoms with Crippen LogP contribution in [0.2, 0.25) is 0 Å². The molecule has 1 fully saturated rings. The van der Waals surface area contributed by atoms with Crippen molar-refractivity contribution in [3.63, 3.8) is 0 Å². The van der Waals surface area contributed by atoms with Gasteiger partial charge in [0.2, 0.25) is 11.8 Å². The molecule has 1 saturated heterocycles. The highest BCUT2D eigenvalue weighted by Gasteiger charge is 2.16. The van der Waals surface area contributed by atoms with Gasteiger partial charge in [-0.2, -0.15) is 4.98 Å². The molecule has 0 unspecified atom stereocenters. The van der Waals surface area contributed by atoms with Crippen LogP contribution >= 0.6 is 12.4 Å². The Morgan fingerprint density at radius 3 is 2.75 bits per heavy atom. The molecule has 1 aromatic heterocycles. The number of carbonyl (C=O) groups is 1. The largest absolute Gasteiger partial charge is 0.339 e. The van der Waals surface area contributed by atoms with Crippen LogP contribution in [0, 0.1) is 5.92 Å². The molecule has 0 aliphatic carbocycles. The molecule has 0 saturated carbocycles. The summed E-state index contributed by atoms with van der Waals surface area (Å²) in [6.45, 7) is 2.19. The molecule has 0 atom stereocenters. The van der Waals surface area contributed by atoms with Crippen LogP contribution in [0.1, 0.15) is 31.0 Å². The van der Waals surface area contributed by atoms with E-state index >= 15 is 0 Å². The molecular weight excluding hydrogens is 328 g/mol. The molecule has 0 bridgehead atoms. The van der Waals surface area contributed by atoms with Crippen LogP contribution in [0.15, 0.2) is 34.9 Å². The summed E-state index contributed by atoms with van der Waals surface area (Å²) < 4.78 is 5.25. The van der Waals surface area contributed by atoms with Crippen molar-refractivity contribution in [2.24, 2.45) is 5.92 Å². The number of nitrogens with zero attached hydrogens (tertiary/aromatic N) is 2. The number of aryl methyl sites for hydroxylation is 1. The summed E-state index contributed by atoms with van der Waals surface area (Å²) in [4.78, 5) is 16.3. The third-order valence-corrected chi connectivity index (χ3v) is 4.11. The Kier molecular flexibility index (Phi) is 7.21. The van der Waals surface area contributed by atoms with Gasteiger partial charge in [0.15, 0.2) is 5.82 Å². The van der Waals surface area contributed by atoms with Gasteiger partial charge in [0.05, 0.1) is 6.42 Å². The normalized spacial score (nSPS) is 14.8. The van der Waals surface area contributed by atoms with Crippen molar-refractivity contribution in [1.29, 1.82) is 0 Å². The first-order valence-electron chi connectivity index (χ1n) is 8.16. The number of benzene rings is 1. The number of amides is 1. The highest BCUT2D eigenvalue weighted by molar-refractivity contribution is 5.91. The van der Waals surface area contributed by atoms with Crippen LogP contribution < -0.4 is 10.6 Å². The summed E-state index contributed by atoms with van der Waals surface area (Å²) >= 11 is 0. The molecule has 1 aliphatic rings. The molecule has 3 rings (SSSR count). The number of rotatable bonds is 6. The minimum atomic E-state index is -0.137. The van der Waals surface area contributed by atoms with Gasteiger partial charge in [-0.25, -0.2) is 0 Å². The molecule has 24 heavy (non-hydrogen) atoms. The maximum atomic E-state index is 12.0. The van der Waals surface area contributed by atoms with E-state index in [4.69, 9.17) is 4.52 Å². The fourth-order valence-electron chi connectivity index (χ4n) is 2.83. The van der Waals surface area contributed by atoms with E-state index in [0.29, 0.717) is 11.7 Å². The third kappa shape index (κ3) is 5.62. The molecule has 2 aromatic rings. The second-order valence-corrected chi connectivity index (χ2v) is 5.93. The standard InChI is InChI=1S/C17H22N4O2.ClH/c22-16(19-14-4-2-1-3-5-14)12-15-20-17(23-21-15)7-6-13-8-10-18-11-9-13;/h1-5,13,18H,6-12H2,(H,19,22);1H. The first-order valence-corrected chi connectivity index (χ1v) is 8.16. The zero-order valence-corrected chi connectivity index (χ0v) is 14.3. The summed E-state index contributed by atoms with van der Waals surface area (Å²) in [7, 11) is 0. The average Bonchev–Trinajstić information content (AvgIpc) is 3.02. The number of para-hydroxylation sites is 1. The highest BCUT2D eigenvalue weighted by Crippen LogP contribution is 2.18. The smallest absolute Gasteiger partial charge is 0.232 e. The van der Waals surface area contributed by atoms with E-state index in [-0.39, 0.29) is 24.7 Å². The lowest BCUT2D eigenvalue weighted by atomic mass is 9.93. The van der Waals surface area contributed by atoms with Gasteiger partial charge >= 0.3 is 0 Å². The molecule has 130 valence electrons. The van der Waals surface area contributed by atoms with E-state index in [1.807, 2.05) is 30.3 Å². The first-order chi connectivity index (χ1) is 11.3. The molecule has 2 N–H and O–H groups in total. The topological polar surface area (TPSA) is 80.1 Å². The predicted molar refractivity (Wildman–Crippen MR) is 94.2 cm³/mol. The Bertz CT molecular complexity index is 627. The number of anilines is 1. The second kappa shape index (κ2) is 9.39. The van der Waals surface area contributed by atoms with Gasteiger partial charge < -0.3 is 15.2 Å². The summed E-state index contributed by atoms with van der Waals surface area (Å²) in [6.07, 6.45) is 4.41. The Labute approximate surface area is 147 Å². The van der Waals surface area contributed by atoms with E-state index in [9.17, 15) is 4.79 Å². The number of halogens is 1. The maximum Gasteiger partial charge on any atom is 0.232 e. The maximum absolute atomic E-state index is 12.0. The monoisotopic (exact) mass is 350 g/mol. The number of piperidine rings is 1.